The second kappa shape index (κ2) is 6.96. The number of aliphatic hydroxyl groups is 1. The van der Waals surface area contributed by atoms with Gasteiger partial charge >= 0.3 is 0 Å². The van der Waals surface area contributed by atoms with Gasteiger partial charge in [0.15, 0.2) is 5.13 Å². The minimum Gasteiger partial charge on any atom is -0.385 e. The molecule has 1 aromatic carbocycles. The Labute approximate surface area is 144 Å². The number of aryl methyl sites for hydroxylation is 1. The Morgan fingerprint density at radius 3 is 2.62 bits per heavy atom. The van der Waals surface area contributed by atoms with Crippen molar-refractivity contribution in [1.29, 1.82) is 0 Å². The average Bonchev–Trinajstić information content (AvgIpc) is 2.95. The van der Waals surface area contributed by atoms with Gasteiger partial charge < -0.3 is 10.4 Å². The highest BCUT2D eigenvalue weighted by Crippen LogP contribution is 2.32. The summed E-state index contributed by atoms with van der Waals surface area (Å²) in [5, 5.41) is 16.1. The predicted octanol–water partition coefficient (Wildman–Crippen LogP) is 2.51. The van der Waals surface area contributed by atoms with Crippen LogP contribution in [0.1, 0.15) is 24.1 Å². The lowest BCUT2D eigenvalue weighted by Crippen LogP contribution is -2.45. The molecule has 0 bridgehead atoms. The molecule has 24 heavy (non-hydrogen) atoms. The fourth-order valence-corrected chi connectivity index (χ4v) is 3.61. The summed E-state index contributed by atoms with van der Waals surface area (Å²) in [6.07, 6.45) is 1.03. The first-order valence-electron chi connectivity index (χ1n) is 7.87. The largest absolute Gasteiger partial charge is 0.385 e. The lowest BCUT2D eigenvalue weighted by atomic mass is 9.84. The van der Waals surface area contributed by atoms with Crippen LogP contribution in [-0.4, -0.2) is 40.5 Å². The Hall–Kier alpha value is -1.83. The summed E-state index contributed by atoms with van der Waals surface area (Å²) in [6.45, 7) is 3.38. The fourth-order valence-electron chi connectivity index (χ4n) is 2.90. The molecule has 0 radical (unpaired) electrons. The van der Waals surface area contributed by atoms with Crippen LogP contribution in [0.5, 0.6) is 0 Å². The summed E-state index contributed by atoms with van der Waals surface area (Å²) in [5.41, 5.74) is 0.663. The third kappa shape index (κ3) is 3.98. The molecule has 2 aromatic rings. The second-order valence-electron chi connectivity index (χ2n) is 6.16. The van der Waals surface area contributed by atoms with Gasteiger partial charge in [-0.2, -0.15) is 0 Å². The number of thiazole rings is 1. The van der Waals surface area contributed by atoms with E-state index in [0.717, 1.165) is 11.3 Å². The van der Waals surface area contributed by atoms with E-state index in [1.807, 2.05) is 17.2 Å². The summed E-state index contributed by atoms with van der Waals surface area (Å²) in [4.78, 5) is 18.3. The van der Waals surface area contributed by atoms with Gasteiger partial charge in [-0.05, 0) is 37.5 Å². The summed E-state index contributed by atoms with van der Waals surface area (Å²) in [7, 11) is 0. The molecule has 1 amide bonds. The topological polar surface area (TPSA) is 65.5 Å². The number of amides is 1. The number of aromatic nitrogens is 1. The van der Waals surface area contributed by atoms with E-state index in [0.29, 0.717) is 31.1 Å². The van der Waals surface area contributed by atoms with Crippen molar-refractivity contribution in [2.24, 2.45) is 0 Å². The molecule has 0 spiro atoms. The van der Waals surface area contributed by atoms with E-state index in [2.05, 4.69) is 10.3 Å². The zero-order valence-electron chi connectivity index (χ0n) is 13.5. The van der Waals surface area contributed by atoms with Gasteiger partial charge in [0.1, 0.15) is 5.82 Å². The third-order valence-corrected chi connectivity index (χ3v) is 5.17. The van der Waals surface area contributed by atoms with Crippen LogP contribution in [0.25, 0.3) is 0 Å². The van der Waals surface area contributed by atoms with Crippen LogP contribution >= 0.6 is 11.3 Å². The van der Waals surface area contributed by atoms with Gasteiger partial charge in [0.25, 0.3) is 0 Å². The Balaban J connectivity index is 1.53. The molecule has 1 fully saturated rings. The molecular formula is C17H20FN3O2S. The number of nitrogens with one attached hydrogen (secondary N) is 1. The Morgan fingerprint density at radius 2 is 2.04 bits per heavy atom. The Kier molecular flexibility index (Phi) is 4.93. The van der Waals surface area contributed by atoms with Crippen molar-refractivity contribution in [3.63, 3.8) is 0 Å². The molecule has 1 aromatic heterocycles. The number of carbonyl (C=O) groups is 1. The van der Waals surface area contributed by atoms with Gasteiger partial charge in [-0.3, -0.25) is 9.69 Å². The zero-order chi connectivity index (χ0) is 17.2. The number of carbonyl (C=O) groups excluding carboxylic acids is 1. The van der Waals surface area contributed by atoms with Crippen molar-refractivity contribution < 1.29 is 14.3 Å². The standard InChI is InChI=1S/C17H20FN3O2S/c1-12-11-24-16(19-12)20-15(22)10-21-8-6-17(23,7-9-21)13-2-4-14(18)5-3-13/h2-5,11,23H,6-10H2,1H3,(H,19,20,22). The van der Waals surface area contributed by atoms with E-state index in [-0.39, 0.29) is 18.3 Å². The van der Waals surface area contributed by atoms with E-state index >= 15 is 0 Å². The minimum atomic E-state index is -0.951. The zero-order valence-corrected chi connectivity index (χ0v) is 14.3. The van der Waals surface area contributed by atoms with Gasteiger partial charge in [-0.15, -0.1) is 11.3 Å². The molecular weight excluding hydrogens is 329 g/mol. The number of halogens is 1. The van der Waals surface area contributed by atoms with E-state index in [1.165, 1.54) is 23.5 Å². The average molecular weight is 349 g/mol. The molecule has 128 valence electrons. The molecule has 0 aliphatic carbocycles. The first kappa shape index (κ1) is 17.0. The molecule has 0 saturated carbocycles. The number of hydrogen-bond acceptors (Lipinski definition) is 5. The third-order valence-electron chi connectivity index (χ3n) is 4.30. The summed E-state index contributed by atoms with van der Waals surface area (Å²) in [6, 6.07) is 5.98. The maximum atomic E-state index is 13.0. The minimum absolute atomic E-state index is 0.100. The lowest BCUT2D eigenvalue weighted by molar-refractivity contribution is -0.118. The fraction of sp³-hybridized carbons (Fsp3) is 0.412. The highest BCUT2D eigenvalue weighted by Gasteiger charge is 2.34. The highest BCUT2D eigenvalue weighted by atomic mass is 32.1. The molecule has 2 N–H and O–H groups in total. The molecule has 2 heterocycles. The number of likely N-dealkylation sites (tertiary alicyclic amines) is 1. The van der Waals surface area contributed by atoms with Crippen molar-refractivity contribution in [2.45, 2.75) is 25.4 Å². The van der Waals surface area contributed by atoms with Crippen LogP contribution in [0.3, 0.4) is 0 Å². The quantitative estimate of drug-likeness (QED) is 0.890. The predicted molar refractivity (Wildman–Crippen MR) is 91.5 cm³/mol. The van der Waals surface area contributed by atoms with Gasteiger partial charge in [-0.25, -0.2) is 9.37 Å². The van der Waals surface area contributed by atoms with Crippen molar-refractivity contribution in [3.05, 3.63) is 46.7 Å². The van der Waals surface area contributed by atoms with Crippen LogP contribution < -0.4 is 5.32 Å². The van der Waals surface area contributed by atoms with E-state index in [1.54, 1.807) is 12.1 Å². The van der Waals surface area contributed by atoms with E-state index in [9.17, 15) is 14.3 Å². The molecule has 0 unspecified atom stereocenters. The molecule has 0 atom stereocenters. The van der Waals surface area contributed by atoms with Crippen molar-refractivity contribution >= 4 is 22.4 Å². The summed E-state index contributed by atoms with van der Waals surface area (Å²) in [5.74, 6) is -0.412. The van der Waals surface area contributed by atoms with E-state index in [4.69, 9.17) is 0 Å². The van der Waals surface area contributed by atoms with Crippen LogP contribution in [0.15, 0.2) is 29.6 Å². The van der Waals surface area contributed by atoms with Crippen LogP contribution in [0.4, 0.5) is 9.52 Å². The Bertz CT molecular complexity index is 709. The normalized spacial score (nSPS) is 17.6. The SMILES string of the molecule is Cc1csc(NC(=O)CN2CCC(O)(c3ccc(F)cc3)CC2)n1. The molecule has 1 saturated heterocycles. The molecule has 7 heteroatoms. The number of anilines is 1. The molecule has 3 rings (SSSR count). The maximum Gasteiger partial charge on any atom is 0.240 e. The number of hydrogen-bond donors (Lipinski definition) is 2. The van der Waals surface area contributed by atoms with Crippen LogP contribution in [0, 0.1) is 12.7 Å². The Morgan fingerprint density at radius 1 is 1.38 bits per heavy atom. The second-order valence-corrected chi connectivity index (χ2v) is 7.01. The number of nitrogens with zero attached hydrogens (tertiary/aromatic N) is 2. The van der Waals surface area contributed by atoms with Crippen molar-refractivity contribution in [2.75, 3.05) is 25.0 Å². The number of benzene rings is 1. The monoisotopic (exact) mass is 349 g/mol. The van der Waals surface area contributed by atoms with Gasteiger partial charge in [0.2, 0.25) is 5.91 Å². The number of piperidine rings is 1. The molecule has 1 aliphatic rings. The first-order chi connectivity index (χ1) is 11.4. The van der Waals surface area contributed by atoms with E-state index < -0.39 is 5.60 Å². The van der Waals surface area contributed by atoms with Crippen molar-refractivity contribution in [1.82, 2.24) is 9.88 Å². The smallest absolute Gasteiger partial charge is 0.240 e. The summed E-state index contributed by atoms with van der Waals surface area (Å²) < 4.78 is 13.0. The number of rotatable bonds is 4. The lowest BCUT2D eigenvalue weighted by Gasteiger charge is -2.38. The van der Waals surface area contributed by atoms with Crippen LogP contribution in [0.2, 0.25) is 0 Å². The van der Waals surface area contributed by atoms with Crippen molar-refractivity contribution in [3.8, 4) is 0 Å². The summed E-state index contributed by atoms with van der Waals surface area (Å²) >= 11 is 1.41. The maximum absolute atomic E-state index is 13.0. The van der Waals surface area contributed by atoms with Crippen LogP contribution in [-0.2, 0) is 10.4 Å². The molecule has 1 aliphatic heterocycles. The first-order valence-corrected chi connectivity index (χ1v) is 8.75. The van der Waals surface area contributed by atoms with Gasteiger partial charge in [0, 0.05) is 18.5 Å². The van der Waals surface area contributed by atoms with Gasteiger partial charge in [0.05, 0.1) is 17.8 Å². The highest BCUT2D eigenvalue weighted by molar-refractivity contribution is 7.13. The molecule has 5 nitrogen and oxygen atoms in total. The van der Waals surface area contributed by atoms with Gasteiger partial charge in [-0.1, -0.05) is 12.1 Å².